The van der Waals surface area contributed by atoms with Crippen molar-refractivity contribution in [3.63, 3.8) is 0 Å². The SMILES string of the molecule is Fc1cc(Cl)c(C(Cl)c2cccc(Cl)c2F)cc1F. The minimum atomic E-state index is -1.10. The predicted octanol–water partition coefficient (Wildman–Crippen LogP) is 5.74. The molecule has 0 aromatic heterocycles. The molecule has 0 saturated carbocycles. The van der Waals surface area contributed by atoms with E-state index in [4.69, 9.17) is 34.8 Å². The molecule has 0 bridgehead atoms. The smallest absolute Gasteiger partial charge is 0.160 e. The molecule has 0 aliphatic rings. The Hall–Kier alpha value is -0.900. The highest BCUT2D eigenvalue weighted by atomic mass is 35.5. The van der Waals surface area contributed by atoms with Crippen molar-refractivity contribution in [3.8, 4) is 0 Å². The lowest BCUT2D eigenvalue weighted by atomic mass is 10.0. The van der Waals surface area contributed by atoms with Gasteiger partial charge in [0.2, 0.25) is 0 Å². The number of rotatable bonds is 2. The van der Waals surface area contributed by atoms with E-state index in [0.29, 0.717) is 0 Å². The van der Waals surface area contributed by atoms with Crippen LogP contribution in [0.3, 0.4) is 0 Å². The third-order valence-corrected chi connectivity index (χ3v) is 3.66. The zero-order chi connectivity index (χ0) is 14.2. The molecule has 0 aliphatic heterocycles. The van der Waals surface area contributed by atoms with Gasteiger partial charge in [0.1, 0.15) is 5.82 Å². The van der Waals surface area contributed by atoms with E-state index in [1.54, 1.807) is 0 Å². The van der Waals surface area contributed by atoms with Crippen LogP contribution in [-0.4, -0.2) is 0 Å². The highest BCUT2D eigenvalue weighted by Crippen LogP contribution is 2.37. The van der Waals surface area contributed by atoms with Gasteiger partial charge in [0.15, 0.2) is 11.6 Å². The van der Waals surface area contributed by atoms with Gasteiger partial charge in [-0.05, 0) is 23.8 Å². The van der Waals surface area contributed by atoms with Crippen molar-refractivity contribution >= 4 is 34.8 Å². The fourth-order valence-corrected chi connectivity index (χ4v) is 2.46. The second kappa shape index (κ2) is 5.61. The molecule has 0 spiro atoms. The molecule has 0 heterocycles. The average Bonchev–Trinajstić information content (AvgIpc) is 2.36. The van der Waals surface area contributed by atoms with Crippen LogP contribution in [-0.2, 0) is 0 Å². The van der Waals surface area contributed by atoms with E-state index >= 15 is 0 Å². The van der Waals surface area contributed by atoms with Crippen LogP contribution >= 0.6 is 34.8 Å². The number of halogens is 6. The van der Waals surface area contributed by atoms with Crippen molar-refractivity contribution < 1.29 is 13.2 Å². The summed E-state index contributed by atoms with van der Waals surface area (Å²) < 4.78 is 40.0. The molecule has 0 saturated heterocycles. The van der Waals surface area contributed by atoms with Crippen LogP contribution in [0.25, 0.3) is 0 Å². The lowest BCUT2D eigenvalue weighted by Crippen LogP contribution is -2.00. The zero-order valence-electron chi connectivity index (χ0n) is 9.23. The molecule has 0 aliphatic carbocycles. The average molecular weight is 326 g/mol. The first-order valence-corrected chi connectivity index (χ1v) is 6.33. The number of hydrogen-bond donors (Lipinski definition) is 0. The normalized spacial score (nSPS) is 12.5. The molecule has 100 valence electrons. The molecule has 0 N–H and O–H groups in total. The first kappa shape index (κ1) is 14.5. The fraction of sp³-hybridized carbons (Fsp3) is 0.0769. The maximum absolute atomic E-state index is 13.8. The Morgan fingerprint density at radius 3 is 2.16 bits per heavy atom. The van der Waals surface area contributed by atoms with E-state index in [1.807, 2.05) is 0 Å². The molecule has 2 aromatic rings. The zero-order valence-corrected chi connectivity index (χ0v) is 11.5. The Balaban J connectivity index is 2.53. The Bertz CT molecular complexity index is 629. The quantitative estimate of drug-likeness (QED) is 0.488. The number of alkyl halides is 1. The summed E-state index contributed by atoms with van der Waals surface area (Å²) in [4.78, 5) is 0. The second-order valence-electron chi connectivity index (χ2n) is 3.79. The van der Waals surface area contributed by atoms with E-state index in [2.05, 4.69) is 0 Å². The monoisotopic (exact) mass is 324 g/mol. The summed E-state index contributed by atoms with van der Waals surface area (Å²) in [5, 5.41) is -1.26. The van der Waals surface area contributed by atoms with Gasteiger partial charge in [-0.25, -0.2) is 13.2 Å². The van der Waals surface area contributed by atoms with Crippen molar-refractivity contribution in [2.45, 2.75) is 5.38 Å². The van der Waals surface area contributed by atoms with Crippen LogP contribution in [0.5, 0.6) is 0 Å². The maximum atomic E-state index is 13.8. The topological polar surface area (TPSA) is 0 Å². The third-order valence-electron chi connectivity index (χ3n) is 2.57. The Labute approximate surface area is 122 Å². The maximum Gasteiger partial charge on any atom is 0.160 e. The Kier molecular flexibility index (Phi) is 4.29. The van der Waals surface area contributed by atoms with Gasteiger partial charge in [-0.2, -0.15) is 0 Å². The number of hydrogen-bond acceptors (Lipinski definition) is 0. The first-order chi connectivity index (χ1) is 8.91. The molecule has 1 atom stereocenters. The van der Waals surface area contributed by atoms with Gasteiger partial charge in [-0.1, -0.05) is 35.3 Å². The molecule has 19 heavy (non-hydrogen) atoms. The molecule has 6 heteroatoms. The molecule has 1 unspecified atom stereocenters. The standard InChI is InChI=1S/C13H6Cl3F3/c14-8-3-1-2-6(13(8)19)12(16)7-4-10(17)11(18)5-9(7)15/h1-5,12H. The van der Waals surface area contributed by atoms with Crippen LogP contribution in [0.4, 0.5) is 13.2 Å². The van der Waals surface area contributed by atoms with Crippen molar-refractivity contribution in [1.29, 1.82) is 0 Å². The molecule has 0 radical (unpaired) electrons. The summed E-state index contributed by atoms with van der Waals surface area (Å²) >= 11 is 17.5. The summed E-state index contributed by atoms with van der Waals surface area (Å²) in [6.07, 6.45) is 0. The van der Waals surface area contributed by atoms with Gasteiger partial charge in [0, 0.05) is 10.6 Å². The largest absolute Gasteiger partial charge is 0.205 e. The van der Waals surface area contributed by atoms with E-state index in [1.165, 1.54) is 18.2 Å². The fourth-order valence-electron chi connectivity index (χ4n) is 1.62. The van der Waals surface area contributed by atoms with Crippen LogP contribution < -0.4 is 0 Å². The van der Waals surface area contributed by atoms with Gasteiger partial charge in [0.05, 0.1) is 10.4 Å². The van der Waals surface area contributed by atoms with E-state index < -0.39 is 22.8 Å². The van der Waals surface area contributed by atoms with Crippen LogP contribution in [0.15, 0.2) is 30.3 Å². The minimum Gasteiger partial charge on any atom is -0.205 e. The summed E-state index contributed by atoms with van der Waals surface area (Å²) in [6.45, 7) is 0. The van der Waals surface area contributed by atoms with Gasteiger partial charge >= 0.3 is 0 Å². The van der Waals surface area contributed by atoms with Crippen molar-refractivity contribution in [1.82, 2.24) is 0 Å². The van der Waals surface area contributed by atoms with Gasteiger partial charge in [-0.3, -0.25) is 0 Å². The van der Waals surface area contributed by atoms with Gasteiger partial charge in [-0.15, -0.1) is 11.6 Å². The van der Waals surface area contributed by atoms with Gasteiger partial charge in [0.25, 0.3) is 0 Å². The minimum absolute atomic E-state index is 0.0436. The number of benzene rings is 2. The lowest BCUT2D eigenvalue weighted by molar-refractivity contribution is 0.507. The lowest BCUT2D eigenvalue weighted by Gasteiger charge is -2.14. The van der Waals surface area contributed by atoms with Crippen LogP contribution in [0.2, 0.25) is 10.0 Å². The summed E-state index contributed by atoms with van der Waals surface area (Å²) in [5.41, 5.74) is 0.116. The second-order valence-corrected chi connectivity index (χ2v) is 5.04. The van der Waals surface area contributed by atoms with E-state index in [9.17, 15) is 13.2 Å². The molecular weight excluding hydrogens is 319 g/mol. The van der Waals surface area contributed by atoms with Crippen molar-refractivity contribution in [2.75, 3.05) is 0 Å². The highest BCUT2D eigenvalue weighted by Gasteiger charge is 2.21. The van der Waals surface area contributed by atoms with Crippen molar-refractivity contribution in [2.24, 2.45) is 0 Å². The van der Waals surface area contributed by atoms with Gasteiger partial charge < -0.3 is 0 Å². The molecule has 0 nitrogen and oxygen atoms in total. The summed E-state index contributed by atoms with van der Waals surface area (Å²) in [5.74, 6) is -2.92. The van der Waals surface area contributed by atoms with E-state index in [-0.39, 0.29) is 21.2 Å². The predicted molar refractivity (Wildman–Crippen MR) is 70.5 cm³/mol. The molecular formula is C13H6Cl3F3. The molecule has 0 fully saturated rings. The van der Waals surface area contributed by atoms with Crippen molar-refractivity contribution in [3.05, 3.63) is 69.0 Å². The first-order valence-electron chi connectivity index (χ1n) is 5.14. The summed E-state index contributed by atoms with van der Waals surface area (Å²) in [7, 11) is 0. The molecule has 0 amide bonds. The highest BCUT2D eigenvalue weighted by molar-refractivity contribution is 6.33. The molecule has 2 rings (SSSR count). The van der Waals surface area contributed by atoms with Crippen LogP contribution in [0.1, 0.15) is 16.5 Å². The third kappa shape index (κ3) is 2.83. The Morgan fingerprint density at radius 2 is 1.47 bits per heavy atom. The van der Waals surface area contributed by atoms with E-state index in [0.717, 1.165) is 12.1 Å². The summed E-state index contributed by atoms with van der Waals surface area (Å²) in [6, 6.07) is 5.90. The van der Waals surface area contributed by atoms with Crippen LogP contribution in [0, 0.1) is 17.5 Å². The Morgan fingerprint density at radius 1 is 0.842 bits per heavy atom. The molecule has 2 aromatic carbocycles.